The topological polar surface area (TPSA) is 64.9 Å². The van der Waals surface area contributed by atoms with Gasteiger partial charge in [-0.05, 0) is 55.4 Å². The molecule has 2 aromatic rings. The molecule has 0 aliphatic heterocycles. The zero-order chi connectivity index (χ0) is 19.6. The lowest BCUT2D eigenvalue weighted by Crippen LogP contribution is -2.30. The highest BCUT2D eigenvalue weighted by molar-refractivity contribution is 7.16. The molecule has 1 aliphatic rings. The molecule has 27 heavy (non-hydrogen) atoms. The van der Waals surface area contributed by atoms with E-state index in [4.69, 9.17) is 23.2 Å². The molecule has 0 saturated carbocycles. The molecule has 2 atom stereocenters. The summed E-state index contributed by atoms with van der Waals surface area (Å²) in [7, 11) is 0. The lowest BCUT2D eigenvalue weighted by atomic mass is 9.89. The average Bonchev–Trinajstić information content (AvgIpc) is 2.95. The fourth-order valence-electron chi connectivity index (χ4n) is 3.34. The Morgan fingerprint density at radius 3 is 2.93 bits per heavy atom. The molecule has 2 N–H and O–H groups in total. The molecule has 1 aromatic carbocycles. The van der Waals surface area contributed by atoms with Gasteiger partial charge in [0.15, 0.2) is 0 Å². The summed E-state index contributed by atoms with van der Waals surface area (Å²) in [5.41, 5.74) is 2.63. The first kappa shape index (κ1) is 20.2. The number of anilines is 1. The number of hydrogen-bond acceptors (Lipinski definition) is 4. The summed E-state index contributed by atoms with van der Waals surface area (Å²) in [6.07, 6.45) is 2.98. The number of fused-ring (bicyclic) bond motifs is 1. The van der Waals surface area contributed by atoms with Gasteiger partial charge in [0, 0.05) is 21.0 Å². The number of carbonyl (C=O) groups is 1. The second-order valence-electron chi connectivity index (χ2n) is 6.98. The fourth-order valence-corrected chi connectivity index (χ4v) is 5.29. The van der Waals surface area contributed by atoms with Gasteiger partial charge in [-0.15, -0.1) is 11.3 Å². The minimum absolute atomic E-state index is 0.103. The zero-order valence-corrected chi connectivity index (χ0v) is 17.6. The third kappa shape index (κ3) is 4.64. The summed E-state index contributed by atoms with van der Waals surface area (Å²) < 4.78 is 0. The number of thiophene rings is 1. The van der Waals surface area contributed by atoms with Crippen molar-refractivity contribution in [3.8, 4) is 6.07 Å². The molecular formula is C20H21Cl2N3OS. The van der Waals surface area contributed by atoms with E-state index in [1.807, 2.05) is 13.0 Å². The van der Waals surface area contributed by atoms with Crippen molar-refractivity contribution in [2.45, 2.75) is 39.2 Å². The summed E-state index contributed by atoms with van der Waals surface area (Å²) in [5, 5.41) is 17.4. The number of nitrogens with zero attached hydrogens (tertiary/aromatic N) is 1. The van der Waals surface area contributed by atoms with E-state index in [9.17, 15) is 10.1 Å². The molecule has 1 aromatic heterocycles. The molecule has 0 radical (unpaired) electrons. The van der Waals surface area contributed by atoms with E-state index in [1.165, 1.54) is 16.2 Å². The van der Waals surface area contributed by atoms with Crippen molar-refractivity contribution in [3.05, 3.63) is 49.8 Å². The molecule has 7 heteroatoms. The van der Waals surface area contributed by atoms with E-state index in [2.05, 4.69) is 23.6 Å². The molecule has 142 valence electrons. The number of amides is 1. The molecule has 1 aliphatic carbocycles. The van der Waals surface area contributed by atoms with Crippen molar-refractivity contribution in [3.63, 3.8) is 0 Å². The fraction of sp³-hybridized carbons (Fsp3) is 0.400. The van der Waals surface area contributed by atoms with Crippen LogP contribution >= 0.6 is 34.5 Å². The number of benzene rings is 1. The first-order valence-electron chi connectivity index (χ1n) is 8.91. The van der Waals surface area contributed by atoms with E-state index < -0.39 is 0 Å². The van der Waals surface area contributed by atoms with Crippen molar-refractivity contribution in [1.82, 2.24) is 5.32 Å². The minimum Gasteiger partial charge on any atom is -0.315 e. The first-order chi connectivity index (χ1) is 12.9. The van der Waals surface area contributed by atoms with Crippen LogP contribution in [0.5, 0.6) is 0 Å². The largest absolute Gasteiger partial charge is 0.315 e. The Kier molecular flexibility index (Phi) is 6.44. The summed E-state index contributed by atoms with van der Waals surface area (Å²) in [6.45, 7) is 4.29. The molecule has 1 heterocycles. The lowest BCUT2D eigenvalue weighted by molar-refractivity contribution is -0.115. The molecule has 0 bridgehead atoms. The number of nitriles is 1. The Labute approximate surface area is 173 Å². The van der Waals surface area contributed by atoms with Gasteiger partial charge in [0.25, 0.3) is 0 Å². The van der Waals surface area contributed by atoms with Crippen LogP contribution in [-0.4, -0.2) is 12.5 Å². The van der Waals surface area contributed by atoms with Crippen LogP contribution < -0.4 is 10.6 Å². The van der Waals surface area contributed by atoms with Gasteiger partial charge in [0.05, 0.1) is 12.1 Å². The second kappa shape index (κ2) is 8.62. The van der Waals surface area contributed by atoms with E-state index in [-0.39, 0.29) is 18.5 Å². The van der Waals surface area contributed by atoms with Crippen molar-refractivity contribution in [1.29, 1.82) is 5.26 Å². The van der Waals surface area contributed by atoms with Gasteiger partial charge >= 0.3 is 0 Å². The van der Waals surface area contributed by atoms with Gasteiger partial charge in [-0.1, -0.05) is 36.2 Å². The standard InChI is InChI=1S/C20H21Cl2N3OS/c1-11-3-5-15-16(9-23)20(27-18(15)7-11)25-19(26)10-24-12(2)14-6-4-13(21)8-17(14)22/h4,6,8,11-12,24H,3,5,7,10H2,1-2H3,(H,25,26)/t11-,12+/m1/s1. The Balaban J connectivity index is 1.64. The predicted octanol–water partition coefficient (Wildman–Crippen LogP) is 5.34. The Hall–Kier alpha value is -1.58. The quantitative estimate of drug-likeness (QED) is 0.684. The van der Waals surface area contributed by atoms with E-state index in [0.717, 1.165) is 30.4 Å². The molecule has 0 spiro atoms. The van der Waals surface area contributed by atoms with E-state index in [1.54, 1.807) is 12.1 Å². The molecular weight excluding hydrogens is 401 g/mol. The maximum atomic E-state index is 12.4. The normalized spacial score (nSPS) is 17.1. The SMILES string of the molecule is C[C@@H]1CCc2c(sc(NC(=O)CN[C@@H](C)c3ccc(Cl)cc3Cl)c2C#N)C1. The van der Waals surface area contributed by atoms with Gasteiger partial charge in [0.2, 0.25) is 5.91 Å². The molecule has 0 saturated heterocycles. The third-order valence-corrected chi connectivity index (χ3v) is 6.61. The van der Waals surface area contributed by atoms with Crippen molar-refractivity contribution in [2.75, 3.05) is 11.9 Å². The van der Waals surface area contributed by atoms with Crippen molar-refractivity contribution >= 4 is 45.4 Å². The maximum Gasteiger partial charge on any atom is 0.238 e. The summed E-state index contributed by atoms with van der Waals surface area (Å²) in [4.78, 5) is 13.6. The Morgan fingerprint density at radius 2 is 2.22 bits per heavy atom. The van der Waals surface area contributed by atoms with Crippen LogP contribution in [0.15, 0.2) is 18.2 Å². The highest BCUT2D eigenvalue weighted by Crippen LogP contribution is 2.39. The number of carbonyl (C=O) groups excluding carboxylic acids is 1. The number of nitrogens with one attached hydrogen (secondary N) is 2. The summed E-state index contributed by atoms with van der Waals surface area (Å²) >= 11 is 13.7. The Morgan fingerprint density at radius 1 is 1.44 bits per heavy atom. The van der Waals surface area contributed by atoms with Gasteiger partial charge in [-0.25, -0.2) is 0 Å². The Bertz CT molecular complexity index is 903. The molecule has 1 amide bonds. The molecule has 4 nitrogen and oxygen atoms in total. The maximum absolute atomic E-state index is 12.4. The minimum atomic E-state index is -0.171. The predicted molar refractivity (Wildman–Crippen MR) is 112 cm³/mol. The number of rotatable bonds is 5. The highest BCUT2D eigenvalue weighted by atomic mass is 35.5. The highest BCUT2D eigenvalue weighted by Gasteiger charge is 2.24. The number of halogens is 2. The average molecular weight is 422 g/mol. The van der Waals surface area contributed by atoms with Gasteiger partial charge in [-0.3, -0.25) is 4.79 Å². The number of hydrogen-bond donors (Lipinski definition) is 2. The lowest BCUT2D eigenvalue weighted by Gasteiger charge is -2.17. The molecule has 3 rings (SSSR count). The molecule has 0 fully saturated rings. The monoisotopic (exact) mass is 421 g/mol. The molecule has 0 unspecified atom stereocenters. The van der Waals surface area contributed by atoms with Crippen LogP contribution in [0, 0.1) is 17.2 Å². The second-order valence-corrected chi connectivity index (χ2v) is 8.93. The van der Waals surface area contributed by atoms with E-state index in [0.29, 0.717) is 26.5 Å². The van der Waals surface area contributed by atoms with Crippen LogP contribution in [0.4, 0.5) is 5.00 Å². The van der Waals surface area contributed by atoms with Crippen LogP contribution in [0.1, 0.15) is 47.9 Å². The van der Waals surface area contributed by atoms with Gasteiger partial charge in [-0.2, -0.15) is 5.26 Å². The summed E-state index contributed by atoms with van der Waals surface area (Å²) in [6, 6.07) is 7.48. The van der Waals surface area contributed by atoms with Crippen LogP contribution in [-0.2, 0) is 17.6 Å². The van der Waals surface area contributed by atoms with E-state index >= 15 is 0 Å². The van der Waals surface area contributed by atoms with Crippen LogP contribution in [0.25, 0.3) is 0 Å². The van der Waals surface area contributed by atoms with Gasteiger partial charge in [0.1, 0.15) is 11.1 Å². The smallest absolute Gasteiger partial charge is 0.238 e. The van der Waals surface area contributed by atoms with Gasteiger partial charge < -0.3 is 10.6 Å². The summed E-state index contributed by atoms with van der Waals surface area (Å²) in [5.74, 6) is 0.452. The van der Waals surface area contributed by atoms with Crippen molar-refractivity contribution in [2.24, 2.45) is 5.92 Å². The van der Waals surface area contributed by atoms with Crippen molar-refractivity contribution < 1.29 is 4.79 Å². The third-order valence-electron chi connectivity index (χ3n) is 4.87. The first-order valence-corrected chi connectivity index (χ1v) is 10.5. The van der Waals surface area contributed by atoms with Crippen LogP contribution in [0.3, 0.4) is 0 Å². The zero-order valence-electron chi connectivity index (χ0n) is 15.2. The van der Waals surface area contributed by atoms with Crippen LogP contribution in [0.2, 0.25) is 10.0 Å².